The lowest BCUT2D eigenvalue weighted by atomic mass is 10.1. The molecule has 0 aliphatic rings. The molecule has 3 aromatic carbocycles. The molecule has 140 valence electrons. The lowest BCUT2D eigenvalue weighted by molar-refractivity contribution is 0.449. The van der Waals surface area contributed by atoms with E-state index in [0.717, 1.165) is 0 Å². The molecule has 0 saturated carbocycles. The molecule has 29 heavy (non-hydrogen) atoms. The van der Waals surface area contributed by atoms with Crippen LogP contribution in [0.2, 0.25) is 0 Å². The van der Waals surface area contributed by atoms with Gasteiger partial charge in [0.05, 0.1) is 17.3 Å². The normalized spacial score (nSPS) is 10.2. The number of hydrogen-bond acceptors (Lipinski definition) is 4. The lowest BCUT2D eigenvalue weighted by Gasteiger charge is -2.10. The van der Waals surface area contributed by atoms with Crippen LogP contribution in [-0.4, -0.2) is 4.98 Å². The topological polar surface area (TPSA) is 55.1 Å². The Morgan fingerprint density at radius 2 is 1.41 bits per heavy atom. The molecule has 0 amide bonds. The summed E-state index contributed by atoms with van der Waals surface area (Å²) in [4.78, 5) is 4.45. The molecule has 4 rings (SSSR count). The second kappa shape index (κ2) is 8.24. The fourth-order valence-corrected chi connectivity index (χ4v) is 2.74. The van der Waals surface area contributed by atoms with Gasteiger partial charge in [-0.25, -0.2) is 9.37 Å². The standard InChI is InChI=1S/C24H15FN2O2/c25-19-11-9-18(10-12-19)23-13-17(16-26)14-24(27-23)29-22-8-4-7-21(15-22)28-20-5-2-1-3-6-20/h1-15H. The van der Waals surface area contributed by atoms with Crippen LogP contribution in [0.5, 0.6) is 23.1 Å². The van der Waals surface area contributed by atoms with Crippen molar-refractivity contribution in [3.63, 3.8) is 0 Å². The van der Waals surface area contributed by atoms with Gasteiger partial charge in [0.25, 0.3) is 0 Å². The van der Waals surface area contributed by atoms with E-state index in [1.807, 2.05) is 42.5 Å². The molecule has 1 aromatic heterocycles. The van der Waals surface area contributed by atoms with Crippen LogP contribution >= 0.6 is 0 Å². The zero-order valence-corrected chi connectivity index (χ0v) is 15.2. The van der Waals surface area contributed by atoms with Crippen LogP contribution in [0.3, 0.4) is 0 Å². The molecular weight excluding hydrogens is 367 g/mol. The predicted molar refractivity (Wildman–Crippen MR) is 107 cm³/mol. The van der Waals surface area contributed by atoms with Crippen molar-refractivity contribution < 1.29 is 13.9 Å². The van der Waals surface area contributed by atoms with E-state index in [1.165, 1.54) is 12.1 Å². The van der Waals surface area contributed by atoms with Crippen LogP contribution in [0, 0.1) is 17.1 Å². The number of pyridine rings is 1. The van der Waals surface area contributed by atoms with Crippen molar-refractivity contribution in [2.75, 3.05) is 0 Å². The van der Waals surface area contributed by atoms with Crippen molar-refractivity contribution in [1.29, 1.82) is 5.26 Å². The van der Waals surface area contributed by atoms with Gasteiger partial charge in [0.2, 0.25) is 5.88 Å². The Labute approximate surface area is 167 Å². The highest BCUT2D eigenvalue weighted by Gasteiger charge is 2.08. The number of aromatic nitrogens is 1. The number of rotatable bonds is 5. The van der Waals surface area contributed by atoms with Crippen molar-refractivity contribution in [2.24, 2.45) is 0 Å². The van der Waals surface area contributed by atoms with Crippen molar-refractivity contribution in [3.05, 3.63) is 102 Å². The van der Waals surface area contributed by atoms with E-state index in [-0.39, 0.29) is 11.7 Å². The third-order valence-corrected chi connectivity index (χ3v) is 4.08. The van der Waals surface area contributed by atoms with Gasteiger partial charge in [-0.05, 0) is 54.6 Å². The van der Waals surface area contributed by atoms with Crippen molar-refractivity contribution in [2.45, 2.75) is 0 Å². The van der Waals surface area contributed by atoms with Crippen LogP contribution in [0.1, 0.15) is 5.56 Å². The molecule has 0 unspecified atom stereocenters. The summed E-state index contributed by atoms with van der Waals surface area (Å²) >= 11 is 0. The molecule has 0 fully saturated rings. The second-order valence-corrected chi connectivity index (χ2v) is 6.19. The summed E-state index contributed by atoms with van der Waals surface area (Å²) in [5.74, 6) is 1.78. The SMILES string of the molecule is N#Cc1cc(Oc2cccc(Oc3ccccc3)c2)nc(-c2ccc(F)cc2)c1. The molecule has 0 spiro atoms. The smallest absolute Gasteiger partial charge is 0.221 e. The zero-order valence-electron chi connectivity index (χ0n) is 15.2. The van der Waals surface area contributed by atoms with Gasteiger partial charge >= 0.3 is 0 Å². The van der Waals surface area contributed by atoms with E-state index in [4.69, 9.17) is 9.47 Å². The quantitative estimate of drug-likeness (QED) is 0.404. The Balaban J connectivity index is 1.61. The summed E-state index contributed by atoms with van der Waals surface area (Å²) in [5.41, 5.74) is 1.61. The molecule has 4 nitrogen and oxygen atoms in total. The maximum atomic E-state index is 13.2. The van der Waals surface area contributed by atoms with Gasteiger partial charge in [-0.2, -0.15) is 5.26 Å². The number of nitrogens with zero attached hydrogens (tertiary/aromatic N) is 2. The summed E-state index contributed by atoms with van der Waals surface area (Å²) in [6.07, 6.45) is 0. The Morgan fingerprint density at radius 1 is 0.724 bits per heavy atom. The Kier molecular flexibility index (Phi) is 5.17. The highest BCUT2D eigenvalue weighted by atomic mass is 19.1. The summed E-state index contributed by atoms with van der Waals surface area (Å²) in [6.45, 7) is 0. The molecule has 1 heterocycles. The van der Waals surface area contributed by atoms with Gasteiger partial charge in [0, 0.05) is 17.7 Å². The molecule has 0 atom stereocenters. The van der Waals surface area contributed by atoms with Gasteiger partial charge in [-0.15, -0.1) is 0 Å². The van der Waals surface area contributed by atoms with Gasteiger partial charge in [0.15, 0.2) is 0 Å². The fraction of sp³-hybridized carbons (Fsp3) is 0. The first-order chi connectivity index (χ1) is 14.2. The summed E-state index contributed by atoms with van der Waals surface area (Å²) in [7, 11) is 0. The first-order valence-electron chi connectivity index (χ1n) is 8.88. The third-order valence-electron chi connectivity index (χ3n) is 4.08. The number of benzene rings is 3. The molecular formula is C24H15FN2O2. The Bertz CT molecular complexity index is 1170. The minimum atomic E-state index is -0.336. The lowest BCUT2D eigenvalue weighted by Crippen LogP contribution is -1.93. The van der Waals surface area contributed by atoms with E-state index in [2.05, 4.69) is 11.1 Å². The highest BCUT2D eigenvalue weighted by Crippen LogP contribution is 2.29. The average Bonchev–Trinajstić information content (AvgIpc) is 2.75. The summed E-state index contributed by atoms with van der Waals surface area (Å²) in [5, 5.41) is 9.34. The molecule has 0 saturated heterocycles. The van der Waals surface area contributed by atoms with Crippen molar-refractivity contribution >= 4 is 0 Å². The average molecular weight is 382 g/mol. The predicted octanol–water partition coefficient (Wildman–Crippen LogP) is 6.34. The molecule has 0 radical (unpaired) electrons. The summed E-state index contributed by atoms with van der Waals surface area (Å²) < 4.78 is 24.9. The van der Waals surface area contributed by atoms with E-state index in [0.29, 0.717) is 34.1 Å². The van der Waals surface area contributed by atoms with E-state index >= 15 is 0 Å². The number of hydrogen-bond donors (Lipinski definition) is 0. The minimum absolute atomic E-state index is 0.264. The van der Waals surface area contributed by atoms with Crippen molar-refractivity contribution in [3.8, 4) is 40.5 Å². The molecule has 4 aromatic rings. The highest BCUT2D eigenvalue weighted by molar-refractivity contribution is 5.62. The molecule has 0 N–H and O–H groups in total. The van der Waals surface area contributed by atoms with Gasteiger partial charge in [-0.1, -0.05) is 24.3 Å². The first kappa shape index (κ1) is 18.2. The Hall–Kier alpha value is -4.17. The number of halogens is 1. The molecule has 0 aliphatic heterocycles. The first-order valence-corrected chi connectivity index (χ1v) is 8.88. The van der Waals surface area contributed by atoms with E-state index in [9.17, 15) is 9.65 Å². The van der Waals surface area contributed by atoms with Gasteiger partial charge < -0.3 is 9.47 Å². The number of ether oxygens (including phenoxy) is 2. The van der Waals surface area contributed by atoms with Crippen molar-refractivity contribution in [1.82, 2.24) is 4.98 Å². The Morgan fingerprint density at radius 3 is 2.14 bits per heavy atom. The summed E-state index contributed by atoms with van der Waals surface area (Å²) in [6, 6.07) is 27.8. The van der Waals surface area contributed by atoms with Crippen LogP contribution in [0.15, 0.2) is 91.0 Å². The molecule has 5 heteroatoms. The third kappa shape index (κ3) is 4.57. The fourth-order valence-electron chi connectivity index (χ4n) is 2.74. The van der Waals surface area contributed by atoms with Crippen LogP contribution in [0.4, 0.5) is 4.39 Å². The largest absolute Gasteiger partial charge is 0.457 e. The molecule has 0 bridgehead atoms. The minimum Gasteiger partial charge on any atom is -0.457 e. The van der Waals surface area contributed by atoms with E-state index in [1.54, 1.807) is 36.4 Å². The number of nitriles is 1. The van der Waals surface area contributed by atoms with Gasteiger partial charge in [-0.3, -0.25) is 0 Å². The van der Waals surface area contributed by atoms with Crippen LogP contribution < -0.4 is 9.47 Å². The monoisotopic (exact) mass is 382 g/mol. The van der Waals surface area contributed by atoms with Gasteiger partial charge in [0.1, 0.15) is 23.1 Å². The van der Waals surface area contributed by atoms with E-state index < -0.39 is 0 Å². The van der Waals surface area contributed by atoms with Crippen LogP contribution in [-0.2, 0) is 0 Å². The second-order valence-electron chi connectivity index (χ2n) is 6.19. The number of para-hydroxylation sites is 1. The maximum Gasteiger partial charge on any atom is 0.221 e. The molecule has 0 aliphatic carbocycles. The zero-order chi connectivity index (χ0) is 20.1. The maximum absolute atomic E-state index is 13.2. The van der Waals surface area contributed by atoms with Crippen LogP contribution in [0.25, 0.3) is 11.3 Å².